The molecule has 1 atom stereocenters. The fourth-order valence-electron chi connectivity index (χ4n) is 1.04. The quantitative estimate of drug-likeness (QED) is 0.842. The summed E-state index contributed by atoms with van der Waals surface area (Å²) in [6.07, 6.45) is 0.766. The molecule has 0 saturated heterocycles. The molecule has 1 unspecified atom stereocenters. The van der Waals surface area contributed by atoms with Crippen LogP contribution in [-0.2, 0) is 0 Å². The van der Waals surface area contributed by atoms with E-state index < -0.39 is 5.82 Å². The maximum atomic E-state index is 12.8. The van der Waals surface area contributed by atoms with E-state index >= 15 is 0 Å². The van der Waals surface area contributed by atoms with Gasteiger partial charge in [0.25, 0.3) is 0 Å². The first-order valence-corrected chi connectivity index (χ1v) is 4.87. The molecule has 0 aliphatic rings. The van der Waals surface area contributed by atoms with Crippen molar-refractivity contribution in [1.29, 1.82) is 0 Å². The van der Waals surface area contributed by atoms with Crippen molar-refractivity contribution < 1.29 is 9.13 Å². The third-order valence-corrected chi connectivity index (χ3v) is 2.20. The SMILES string of the molecule is CCC(CN)Oc1ccc(F)c(Cl)c1. The fourth-order valence-corrected chi connectivity index (χ4v) is 1.21. The van der Waals surface area contributed by atoms with Crippen LogP contribution in [0.25, 0.3) is 0 Å². The molecule has 0 radical (unpaired) electrons. The third kappa shape index (κ3) is 2.86. The van der Waals surface area contributed by atoms with Crippen molar-refractivity contribution >= 4 is 11.6 Å². The van der Waals surface area contributed by atoms with E-state index in [1.54, 1.807) is 6.07 Å². The standard InChI is InChI=1S/C10H13ClFNO/c1-2-7(6-13)14-8-3-4-10(12)9(11)5-8/h3-5,7H,2,6,13H2,1H3. The van der Waals surface area contributed by atoms with Gasteiger partial charge in [-0.2, -0.15) is 0 Å². The number of ether oxygens (including phenoxy) is 1. The summed E-state index contributed by atoms with van der Waals surface area (Å²) in [6, 6.07) is 4.27. The largest absolute Gasteiger partial charge is 0.489 e. The van der Waals surface area contributed by atoms with Gasteiger partial charge >= 0.3 is 0 Å². The van der Waals surface area contributed by atoms with Crippen LogP contribution in [0, 0.1) is 5.82 Å². The van der Waals surface area contributed by atoms with Crippen LogP contribution < -0.4 is 10.5 Å². The van der Waals surface area contributed by atoms with Crippen LogP contribution in [0.4, 0.5) is 4.39 Å². The maximum Gasteiger partial charge on any atom is 0.142 e. The van der Waals surface area contributed by atoms with Gasteiger partial charge in [-0.1, -0.05) is 18.5 Å². The molecule has 0 bridgehead atoms. The lowest BCUT2D eigenvalue weighted by atomic mass is 10.2. The first-order valence-electron chi connectivity index (χ1n) is 4.49. The van der Waals surface area contributed by atoms with Gasteiger partial charge < -0.3 is 10.5 Å². The van der Waals surface area contributed by atoms with Crippen LogP contribution in [0.3, 0.4) is 0 Å². The topological polar surface area (TPSA) is 35.2 Å². The first-order chi connectivity index (χ1) is 6.67. The average molecular weight is 218 g/mol. The number of benzene rings is 1. The van der Waals surface area contributed by atoms with Gasteiger partial charge in [-0.3, -0.25) is 0 Å². The van der Waals surface area contributed by atoms with E-state index in [9.17, 15) is 4.39 Å². The summed E-state index contributed by atoms with van der Waals surface area (Å²) >= 11 is 5.60. The van der Waals surface area contributed by atoms with Crippen LogP contribution in [0.1, 0.15) is 13.3 Å². The van der Waals surface area contributed by atoms with E-state index in [4.69, 9.17) is 22.1 Å². The van der Waals surface area contributed by atoms with Crippen molar-refractivity contribution in [2.45, 2.75) is 19.4 Å². The molecule has 4 heteroatoms. The van der Waals surface area contributed by atoms with Crippen LogP contribution in [0.2, 0.25) is 5.02 Å². The predicted octanol–water partition coefficient (Wildman–Crippen LogP) is 2.60. The lowest BCUT2D eigenvalue weighted by molar-refractivity contribution is 0.205. The van der Waals surface area contributed by atoms with Crippen molar-refractivity contribution in [3.63, 3.8) is 0 Å². The Hall–Kier alpha value is -0.800. The van der Waals surface area contributed by atoms with E-state index in [1.807, 2.05) is 6.92 Å². The fraction of sp³-hybridized carbons (Fsp3) is 0.400. The van der Waals surface area contributed by atoms with Gasteiger partial charge in [-0.15, -0.1) is 0 Å². The Labute approximate surface area is 87.8 Å². The maximum absolute atomic E-state index is 12.8. The molecule has 0 spiro atoms. The Morgan fingerprint density at radius 3 is 2.79 bits per heavy atom. The monoisotopic (exact) mass is 217 g/mol. The molecule has 0 aromatic heterocycles. The second kappa shape index (κ2) is 5.17. The summed E-state index contributed by atoms with van der Waals surface area (Å²) in [5.41, 5.74) is 5.47. The van der Waals surface area contributed by atoms with Gasteiger partial charge in [0, 0.05) is 12.6 Å². The molecular formula is C10H13ClFNO. The van der Waals surface area contributed by atoms with E-state index in [2.05, 4.69) is 0 Å². The molecule has 0 saturated carbocycles. The normalized spacial score (nSPS) is 12.6. The van der Waals surface area contributed by atoms with E-state index in [1.165, 1.54) is 12.1 Å². The van der Waals surface area contributed by atoms with E-state index in [0.29, 0.717) is 12.3 Å². The highest BCUT2D eigenvalue weighted by Crippen LogP contribution is 2.22. The molecule has 1 aromatic carbocycles. The van der Waals surface area contributed by atoms with Crippen molar-refractivity contribution in [1.82, 2.24) is 0 Å². The van der Waals surface area contributed by atoms with E-state index in [0.717, 1.165) is 6.42 Å². The Balaban J connectivity index is 2.72. The molecule has 2 nitrogen and oxygen atoms in total. The lowest BCUT2D eigenvalue weighted by Gasteiger charge is -2.15. The number of rotatable bonds is 4. The molecule has 0 amide bonds. The molecule has 0 fully saturated rings. The minimum absolute atomic E-state index is 0.0449. The Morgan fingerprint density at radius 2 is 2.29 bits per heavy atom. The summed E-state index contributed by atoms with van der Waals surface area (Å²) in [4.78, 5) is 0. The molecule has 0 heterocycles. The molecule has 78 valence electrons. The summed E-state index contributed by atoms with van der Waals surface area (Å²) in [5, 5.41) is 0.0642. The van der Waals surface area contributed by atoms with Gasteiger partial charge in [-0.25, -0.2) is 4.39 Å². The molecule has 2 N–H and O–H groups in total. The molecular weight excluding hydrogens is 205 g/mol. The highest BCUT2D eigenvalue weighted by Gasteiger charge is 2.07. The Bertz CT molecular complexity index is 302. The van der Waals surface area contributed by atoms with Crippen LogP contribution in [-0.4, -0.2) is 12.6 Å². The molecule has 1 aromatic rings. The lowest BCUT2D eigenvalue weighted by Crippen LogP contribution is -2.25. The summed E-state index contributed by atoms with van der Waals surface area (Å²) in [6.45, 7) is 2.41. The van der Waals surface area contributed by atoms with Crippen LogP contribution in [0.5, 0.6) is 5.75 Å². The zero-order valence-corrected chi connectivity index (χ0v) is 8.72. The highest BCUT2D eigenvalue weighted by atomic mass is 35.5. The molecule has 0 aliphatic carbocycles. The minimum atomic E-state index is -0.445. The van der Waals surface area contributed by atoms with Crippen LogP contribution >= 0.6 is 11.6 Å². The number of hydrogen-bond donors (Lipinski definition) is 1. The van der Waals surface area contributed by atoms with Gasteiger partial charge in [0.05, 0.1) is 5.02 Å². The minimum Gasteiger partial charge on any atom is -0.489 e. The molecule has 14 heavy (non-hydrogen) atoms. The van der Waals surface area contributed by atoms with Gasteiger partial charge in [0.2, 0.25) is 0 Å². The Morgan fingerprint density at radius 1 is 1.57 bits per heavy atom. The van der Waals surface area contributed by atoms with Crippen molar-refractivity contribution in [3.05, 3.63) is 29.0 Å². The second-order valence-corrected chi connectivity index (χ2v) is 3.37. The third-order valence-electron chi connectivity index (χ3n) is 1.91. The van der Waals surface area contributed by atoms with Gasteiger partial charge in [0.1, 0.15) is 17.7 Å². The number of halogens is 2. The highest BCUT2D eigenvalue weighted by molar-refractivity contribution is 6.30. The van der Waals surface area contributed by atoms with Gasteiger partial charge in [0.15, 0.2) is 0 Å². The summed E-state index contributed by atoms with van der Waals surface area (Å²) < 4.78 is 18.3. The van der Waals surface area contributed by atoms with Crippen LogP contribution in [0.15, 0.2) is 18.2 Å². The summed E-state index contributed by atoms with van der Waals surface area (Å²) in [7, 11) is 0. The number of nitrogens with two attached hydrogens (primary N) is 1. The second-order valence-electron chi connectivity index (χ2n) is 2.96. The zero-order chi connectivity index (χ0) is 10.6. The zero-order valence-electron chi connectivity index (χ0n) is 7.97. The van der Waals surface area contributed by atoms with Crippen molar-refractivity contribution in [2.75, 3.05) is 6.54 Å². The smallest absolute Gasteiger partial charge is 0.142 e. The predicted molar refractivity (Wildman–Crippen MR) is 55.2 cm³/mol. The molecule has 0 aliphatic heterocycles. The summed E-state index contributed by atoms with van der Waals surface area (Å²) in [5.74, 6) is 0.105. The average Bonchev–Trinajstić information content (AvgIpc) is 2.19. The van der Waals surface area contributed by atoms with Gasteiger partial charge in [-0.05, 0) is 18.6 Å². The first kappa shape index (κ1) is 11.3. The Kier molecular flexibility index (Phi) is 4.17. The van der Waals surface area contributed by atoms with Crippen molar-refractivity contribution in [2.24, 2.45) is 5.73 Å². The van der Waals surface area contributed by atoms with Crippen molar-refractivity contribution in [3.8, 4) is 5.75 Å². The van der Waals surface area contributed by atoms with E-state index in [-0.39, 0.29) is 11.1 Å². The number of hydrogen-bond acceptors (Lipinski definition) is 2. The molecule has 1 rings (SSSR count).